The van der Waals surface area contributed by atoms with E-state index in [0.717, 1.165) is 62.3 Å². The molecule has 53 heavy (non-hydrogen) atoms. The number of nitrogens with one attached hydrogen (secondary N) is 2. The van der Waals surface area contributed by atoms with Gasteiger partial charge in [0.05, 0.1) is 13.7 Å². The van der Waals surface area contributed by atoms with Crippen LogP contribution in [0.4, 0.5) is 15.3 Å². The second-order valence-corrected chi connectivity index (χ2v) is 14.5. The van der Waals surface area contributed by atoms with Gasteiger partial charge < -0.3 is 29.9 Å². The first-order valence-electron chi connectivity index (χ1n) is 18.8. The Morgan fingerprint density at radius 3 is 2.36 bits per heavy atom. The van der Waals surface area contributed by atoms with Crippen molar-refractivity contribution in [3.8, 4) is 5.75 Å². The molecule has 2 aromatic carbocycles. The van der Waals surface area contributed by atoms with Crippen LogP contribution in [0.3, 0.4) is 0 Å². The lowest BCUT2D eigenvalue weighted by atomic mass is 9.89. The molecule has 0 unspecified atom stereocenters. The van der Waals surface area contributed by atoms with E-state index >= 15 is 0 Å². The number of phenolic OH excluding ortho intramolecular Hbond substituents is 1. The summed E-state index contributed by atoms with van der Waals surface area (Å²) in [7, 11) is 3.22. The first-order valence-corrected chi connectivity index (χ1v) is 18.8. The number of amides is 5. The number of urea groups is 1. The maximum Gasteiger partial charge on any atom is 0.410 e. The SMILES string of the molecule is Bc1cc(C[C@@H](OC(=O)N2CCC(N3CCc4ccccc4NC3=O)CC2)C(=O)N2CCC(N3CCN(CC(=O)NOC)CC3)CC2)cc(C=C)c1O. The molecule has 4 aliphatic heterocycles. The number of anilines is 1. The molecule has 0 aliphatic carbocycles. The number of hydroxylamine groups is 1. The Bertz CT molecular complexity index is 1650. The number of phenols is 1. The standard InChI is InChI=1S/C38H52BN7O7/c1-3-27-22-26(23-31(39)35(27)48)24-33(36(49)44-13-9-29(10-14-44)43-20-18-42(19-21-43)25-34(47)41-52-2)53-38(51)45-15-11-30(12-16-45)46-17-8-28-6-4-5-7-32(28)40-37(46)50/h3-7,22-23,29-30,33,48H,1,8-21,24-25,39H2,2H3,(H,40,50)(H,41,47)/t33-/m1/s1. The van der Waals surface area contributed by atoms with Crippen LogP contribution in [0.5, 0.6) is 5.75 Å². The molecule has 6 rings (SSSR count). The molecular formula is C38H52BN7O7. The smallest absolute Gasteiger partial charge is 0.410 e. The minimum atomic E-state index is -1.05. The van der Waals surface area contributed by atoms with E-state index in [4.69, 9.17) is 9.57 Å². The van der Waals surface area contributed by atoms with Gasteiger partial charge in [0.15, 0.2) is 6.10 Å². The van der Waals surface area contributed by atoms with Gasteiger partial charge in [0.1, 0.15) is 13.6 Å². The van der Waals surface area contributed by atoms with Crippen molar-refractivity contribution < 1.29 is 33.9 Å². The second kappa shape index (κ2) is 17.5. The third kappa shape index (κ3) is 9.32. The Morgan fingerprint density at radius 1 is 0.981 bits per heavy atom. The molecule has 0 spiro atoms. The molecule has 0 saturated carbocycles. The number of carbonyl (C=O) groups excluding carboxylic acids is 4. The minimum Gasteiger partial charge on any atom is -0.508 e. The summed E-state index contributed by atoms with van der Waals surface area (Å²) in [6.07, 6.45) is 3.73. The second-order valence-electron chi connectivity index (χ2n) is 14.5. The Morgan fingerprint density at radius 2 is 1.66 bits per heavy atom. The Labute approximate surface area is 312 Å². The van der Waals surface area contributed by atoms with Gasteiger partial charge in [0.25, 0.3) is 11.8 Å². The highest BCUT2D eigenvalue weighted by Crippen LogP contribution is 2.26. The predicted octanol–water partition coefficient (Wildman–Crippen LogP) is 1.18. The van der Waals surface area contributed by atoms with Crippen LogP contribution in [-0.4, -0.2) is 152 Å². The fourth-order valence-electron chi connectivity index (χ4n) is 8.14. The van der Waals surface area contributed by atoms with Crippen LogP contribution in [0.2, 0.25) is 0 Å². The maximum absolute atomic E-state index is 14.2. The Hall–Kier alpha value is -4.60. The van der Waals surface area contributed by atoms with Crippen molar-refractivity contribution in [2.45, 2.75) is 56.7 Å². The summed E-state index contributed by atoms with van der Waals surface area (Å²) in [6, 6.07) is 11.6. The van der Waals surface area contributed by atoms with Gasteiger partial charge in [-0.25, -0.2) is 15.1 Å². The lowest BCUT2D eigenvalue weighted by molar-refractivity contribution is -0.142. The van der Waals surface area contributed by atoms with Crippen molar-refractivity contribution in [1.29, 1.82) is 0 Å². The van der Waals surface area contributed by atoms with Crippen molar-refractivity contribution in [2.24, 2.45) is 0 Å². The zero-order valence-corrected chi connectivity index (χ0v) is 30.9. The highest BCUT2D eigenvalue weighted by atomic mass is 16.6. The number of aromatic hydroxyl groups is 1. The summed E-state index contributed by atoms with van der Waals surface area (Å²) in [5, 5.41) is 13.5. The fourth-order valence-corrected chi connectivity index (χ4v) is 8.14. The van der Waals surface area contributed by atoms with Crippen LogP contribution in [0.25, 0.3) is 6.08 Å². The van der Waals surface area contributed by atoms with E-state index in [2.05, 4.69) is 27.2 Å². The first kappa shape index (κ1) is 38.1. The van der Waals surface area contributed by atoms with Gasteiger partial charge in [-0.3, -0.25) is 24.2 Å². The number of hydrogen-bond acceptors (Lipinski definition) is 9. The largest absolute Gasteiger partial charge is 0.508 e. The molecule has 14 nitrogen and oxygen atoms in total. The van der Waals surface area contributed by atoms with Crippen LogP contribution >= 0.6 is 0 Å². The summed E-state index contributed by atoms with van der Waals surface area (Å²) in [6.45, 7) is 9.90. The van der Waals surface area contributed by atoms with Crippen molar-refractivity contribution in [3.05, 3.63) is 59.7 Å². The van der Waals surface area contributed by atoms with Gasteiger partial charge in [-0.2, -0.15) is 0 Å². The topological polar surface area (TPSA) is 147 Å². The number of likely N-dealkylation sites (tertiary alicyclic amines) is 2. The minimum absolute atomic E-state index is 0.0116. The van der Waals surface area contributed by atoms with E-state index in [1.54, 1.807) is 24.9 Å². The molecule has 284 valence electrons. The van der Waals surface area contributed by atoms with E-state index in [1.165, 1.54) is 7.11 Å². The lowest BCUT2D eigenvalue weighted by Crippen LogP contribution is -2.56. The van der Waals surface area contributed by atoms with Crippen molar-refractivity contribution in [1.82, 2.24) is 30.0 Å². The average Bonchev–Trinajstić information content (AvgIpc) is 3.34. The number of para-hydroxylation sites is 1. The number of ether oxygens (including phenoxy) is 1. The molecule has 1 atom stereocenters. The van der Waals surface area contributed by atoms with Gasteiger partial charge in [-0.05, 0) is 60.8 Å². The summed E-state index contributed by atoms with van der Waals surface area (Å²) in [4.78, 5) is 67.5. The Balaban J connectivity index is 1.06. The van der Waals surface area contributed by atoms with E-state index in [0.29, 0.717) is 69.2 Å². The molecule has 3 saturated heterocycles. The van der Waals surface area contributed by atoms with Crippen LogP contribution < -0.4 is 16.3 Å². The molecule has 2 aromatic rings. The molecule has 0 radical (unpaired) electrons. The molecule has 3 fully saturated rings. The summed E-state index contributed by atoms with van der Waals surface area (Å²) < 4.78 is 6.08. The molecule has 4 aliphatic rings. The first-order chi connectivity index (χ1) is 25.6. The molecule has 3 N–H and O–H groups in total. The summed E-state index contributed by atoms with van der Waals surface area (Å²) >= 11 is 0. The number of piperazine rings is 1. The van der Waals surface area contributed by atoms with Crippen LogP contribution in [0.1, 0.15) is 42.4 Å². The van der Waals surface area contributed by atoms with E-state index in [1.807, 2.05) is 40.1 Å². The molecule has 4 heterocycles. The van der Waals surface area contributed by atoms with Gasteiger partial charge in [-0.15, -0.1) is 0 Å². The lowest BCUT2D eigenvalue weighted by Gasteiger charge is -2.43. The quantitative estimate of drug-likeness (QED) is 0.243. The summed E-state index contributed by atoms with van der Waals surface area (Å²) in [5.41, 5.74) is 6.29. The van der Waals surface area contributed by atoms with Gasteiger partial charge in [0.2, 0.25) is 0 Å². The summed E-state index contributed by atoms with van der Waals surface area (Å²) in [5.74, 6) is -0.258. The highest BCUT2D eigenvalue weighted by molar-refractivity contribution is 6.34. The molecular weight excluding hydrogens is 677 g/mol. The predicted molar refractivity (Wildman–Crippen MR) is 204 cm³/mol. The molecule has 5 amide bonds. The third-order valence-electron chi connectivity index (χ3n) is 11.1. The van der Waals surface area contributed by atoms with E-state index < -0.39 is 12.2 Å². The maximum atomic E-state index is 14.2. The molecule has 0 aromatic heterocycles. The number of piperidine rings is 2. The number of benzene rings is 2. The van der Waals surface area contributed by atoms with Crippen molar-refractivity contribution in [2.75, 3.05) is 77.9 Å². The van der Waals surface area contributed by atoms with Crippen molar-refractivity contribution in [3.63, 3.8) is 0 Å². The van der Waals surface area contributed by atoms with Gasteiger partial charge >= 0.3 is 12.1 Å². The molecule has 0 bridgehead atoms. The fraction of sp³-hybridized carbons (Fsp3) is 0.526. The van der Waals surface area contributed by atoms with Crippen molar-refractivity contribution >= 4 is 49.0 Å². The van der Waals surface area contributed by atoms with E-state index in [9.17, 15) is 24.3 Å². The number of fused-ring (bicyclic) bond motifs is 1. The normalized spacial score (nSPS) is 19.9. The van der Waals surface area contributed by atoms with Crippen LogP contribution in [0.15, 0.2) is 43.0 Å². The highest BCUT2D eigenvalue weighted by Gasteiger charge is 2.37. The Kier molecular flexibility index (Phi) is 12.6. The number of nitrogens with zero attached hydrogens (tertiary/aromatic N) is 5. The van der Waals surface area contributed by atoms with Gasteiger partial charge in [0, 0.05) is 88.7 Å². The number of carbonyl (C=O) groups is 4. The third-order valence-corrected chi connectivity index (χ3v) is 11.1. The zero-order valence-electron chi connectivity index (χ0n) is 30.9. The zero-order chi connectivity index (χ0) is 37.5. The number of rotatable bonds is 10. The monoisotopic (exact) mass is 729 g/mol. The van der Waals surface area contributed by atoms with Crippen LogP contribution in [0, 0.1) is 0 Å². The molecule has 15 heteroatoms. The van der Waals surface area contributed by atoms with Crippen LogP contribution in [-0.2, 0) is 32.0 Å². The average molecular weight is 730 g/mol. The number of hydrogen-bond donors (Lipinski definition) is 3. The van der Waals surface area contributed by atoms with Gasteiger partial charge in [-0.1, -0.05) is 36.9 Å². The van der Waals surface area contributed by atoms with E-state index in [-0.39, 0.29) is 36.1 Å².